The molecule has 0 radical (unpaired) electrons. The number of aromatic nitrogens is 5. The maximum absolute atomic E-state index is 13.6. The van der Waals surface area contributed by atoms with Gasteiger partial charge in [-0.2, -0.15) is 0 Å². The molecule has 3 aromatic heterocycles. The van der Waals surface area contributed by atoms with Crippen molar-refractivity contribution in [1.29, 1.82) is 0 Å². The zero-order valence-electron chi connectivity index (χ0n) is 20.9. The lowest BCUT2D eigenvalue weighted by Gasteiger charge is -2.30. The van der Waals surface area contributed by atoms with E-state index in [2.05, 4.69) is 45.3 Å². The Morgan fingerprint density at radius 1 is 1.05 bits per heavy atom. The highest BCUT2D eigenvalue weighted by atomic mass is 19.1. The number of fused-ring (bicyclic) bond motifs is 1. The molecule has 9 heteroatoms. The van der Waals surface area contributed by atoms with E-state index in [1.54, 1.807) is 23.1 Å². The number of H-pyrrole nitrogens is 1. The van der Waals surface area contributed by atoms with Crippen molar-refractivity contribution in [3.05, 3.63) is 111 Å². The normalized spacial score (nSPS) is 12.4. The summed E-state index contributed by atoms with van der Waals surface area (Å²) in [6, 6.07) is 18.0. The first kappa shape index (κ1) is 24.6. The van der Waals surface area contributed by atoms with Gasteiger partial charge in [0.15, 0.2) is 5.82 Å². The Kier molecular flexibility index (Phi) is 7.23. The van der Waals surface area contributed by atoms with Gasteiger partial charge in [-0.3, -0.25) is 9.69 Å². The van der Waals surface area contributed by atoms with Gasteiger partial charge in [-0.25, -0.2) is 9.07 Å². The molecule has 1 N–H and O–H groups in total. The number of rotatable bonds is 10. The summed E-state index contributed by atoms with van der Waals surface area (Å²) < 4.78 is 20.8. The predicted octanol–water partition coefficient (Wildman–Crippen LogP) is 5.01. The first-order chi connectivity index (χ1) is 18.0. The average molecular weight is 501 g/mol. The van der Waals surface area contributed by atoms with E-state index in [1.165, 1.54) is 17.7 Å². The van der Waals surface area contributed by atoms with Crippen LogP contribution < -0.4 is 5.56 Å². The molecule has 0 fully saturated rings. The molecule has 0 unspecified atom stereocenters. The number of nitrogens with one attached hydrogen (secondary N) is 1. The summed E-state index contributed by atoms with van der Waals surface area (Å²) in [6.07, 6.45) is 3.23. The maximum atomic E-state index is 13.6. The average Bonchev–Trinajstić information content (AvgIpc) is 3.59. The van der Waals surface area contributed by atoms with Crippen molar-refractivity contribution in [2.75, 3.05) is 0 Å². The predicted molar refractivity (Wildman–Crippen MR) is 138 cm³/mol. The van der Waals surface area contributed by atoms with Crippen molar-refractivity contribution >= 4 is 10.9 Å². The highest BCUT2D eigenvalue weighted by Crippen LogP contribution is 2.27. The largest absolute Gasteiger partial charge is 0.467 e. The molecule has 0 spiro atoms. The van der Waals surface area contributed by atoms with Crippen LogP contribution in [0, 0.1) is 5.82 Å². The summed E-state index contributed by atoms with van der Waals surface area (Å²) in [4.78, 5) is 18.3. The molecule has 2 aromatic carbocycles. The number of nitrogens with zero attached hydrogens (tertiary/aromatic N) is 5. The van der Waals surface area contributed by atoms with Crippen LogP contribution in [0.4, 0.5) is 4.39 Å². The van der Waals surface area contributed by atoms with Gasteiger partial charge in [0, 0.05) is 24.2 Å². The third kappa shape index (κ3) is 5.51. The third-order valence-corrected chi connectivity index (χ3v) is 6.64. The molecule has 0 saturated carbocycles. The van der Waals surface area contributed by atoms with Gasteiger partial charge >= 0.3 is 0 Å². The number of tetrazole rings is 1. The van der Waals surface area contributed by atoms with Gasteiger partial charge in [-0.1, -0.05) is 32.0 Å². The number of aryl methyl sites for hydroxylation is 1. The molecule has 0 amide bonds. The van der Waals surface area contributed by atoms with Crippen LogP contribution in [0.5, 0.6) is 0 Å². The number of halogens is 1. The molecule has 3 heterocycles. The quantitative estimate of drug-likeness (QED) is 0.290. The molecule has 37 heavy (non-hydrogen) atoms. The Hall–Kier alpha value is -4.11. The minimum absolute atomic E-state index is 0.133. The first-order valence-corrected chi connectivity index (χ1v) is 12.5. The Balaban J connectivity index is 1.52. The molecule has 0 bridgehead atoms. The Labute approximate surface area is 213 Å². The van der Waals surface area contributed by atoms with Gasteiger partial charge in [0.2, 0.25) is 0 Å². The lowest BCUT2D eigenvalue weighted by molar-refractivity contribution is 0.161. The highest BCUT2D eigenvalue weighted by molar-refractivity contribution is 5.79. The van der Waals surface area contributed by atoms with E-state index >= 15 is 0 Å². The van der Waals surface area contributed by atoms with Crippen LogP contribution in [0.25, 0.3) is 10.9 Å². The molecule has 8 nitrogen and oxygen atoms in total. The second-order valence-corrected chi connectivity index (χ2v) is 9.13. The Morgan fingerprint density at radius 3 is 2.59 bits per heavy atom. The second kappa shape index (κ2) is 10.9. The zero-order chi connectivity index (χ0) is 25.8. The summed E-state index contributed by atoms with van der Waals surface area (Å²) in [5, 5.41) is 13.5. The van der Waals surface area contributed by atoms with Gasteiger partial charge in [0.25, 0.3) is 5.56 Å². The van der Waals surface area contributed by atoms with Crippen LogP contribution in [0.15, 0.2) is 76.1 Å². The molecular formula is C28H29FN6O2. The van der Waals surface area contributed by atoms with Gasteiger partial charge < -0.3 is 9.40 Å². The molecule has 0 aliphatic rings. The topological polar surface area (TPSA) is 92.8 Å². The summed E-state index contributed by atoms with van der Waals surface area (Å²) in [7, 11) is 0. The summed E-state index contributed by atoms with van der Waals surface area (Å²) >= 11 is 0. The fourth-order valence-corrected chi connectivity index (χ4v) is 4.68. The summed E-state index contributed by atoms with van der Waals surface area (Å²) in [5.41, 5.74) is 3.45. The van der Waals surface area contributed by atoms with Crippen molar-refractivity contribution in [2.24, 2.45) is 0 Å². The van der Waals surface area contributed by atoms with E-state index in [0.717, 1.165) is 28.6 Å². The standard InChI is InChI=1S/C28H29FN6O2/c1-3-19-9-12-25-21(14-19)15-22(28(36)30-25)17-34(16-20-7-10-23(29)11-8-20)26(4-2)27-31-32-33-35(27)18-24-6-5-13-37-24/h5-15,26H,3-4,16-18H2,1-2H3,(H,30,36)/t26-/m1/s1. The number of aromatic amines is 1. The monoisotopic (exact) mass is 500 g/mol. The zero-order valence-corrected chi connectivity index (χ0v) is 20.9. The van der Waals surface area contributed by atoms with Gasteiger partial charge in [0.05, 0.1) is 12.3 Å². The minimum Gasteiger partial charge on any atom is -0.467 e. The van der Waals surface area contributed by atoms with E-state index in [0.29, 0.717) is 37.4 Å². The van der Waals surface area contributed by atoms with E-state index in [1.807, 2.05) is 30.3 Å². The van der Waals surface area contributed by atoms with Crippen LogP contribution >= 0.6 is 0 Å². The van der Waals surface area contributed by atoms with E-state index < -0.39 is 0 Å². The lowest BCUT2D eigenvalue weighted by Crippen LogP contribution is -2.32. The SMILES string of the molecule is CCc1ccc2[nH]c(=O)c(CN(Cc3ccc(F)cc3)[C@H](CC)c3nnnn3Cc3ccco3)cc2c1. The summed E-state index contributed by atoms with van der Waals surface area (Å²) in [5.74, 6) is 1.13. The first-order valence-electron chi connectivity index (χ1n) is 12.5. The van der Waals surface area contributed by atoms with Crippen molar-refractivity contribution in [2.45, 2.75) is 52.4 Å². The van der Waals surface area contributed by atoms with Crippen LogP contribution in [0.1, 0.15) is 54.6 Å². The molecule has 0 saturated heterocycles. The van der Waals surface area contributed by atoms with E-state index in [4.69, 9.17) is 4.42 Å². The molecule has 1 atom stereocenters. The van der Waals surface area contributed by atoms with Crippen LogP contribution in [0.3, 0.4) is 0 Å². The summed E-state index contributed by atoms with van der Waals surface area (Å²) in [6.45, 7) is 5.42. The minimum atomic E-state index is -0.289. The van der Waals surface area contributed by atoms with E-state index in [-0.39, 0.29) is 17.4 Å². The molecule has 190 valence electrons. The number of benzene rings is 2. The van der Waals surface area contributed by atoms with Gasteiger partial charge in [-0.15, -0.1) is 5.10 Å². The Bertz CT molecular complexity index is 1520. The number of furan rings is 1. The van der Waals surface area contributed by atoms with Crippen LogP contribution in [-0.2, 0) is 26.1 Å². The van der Waals surface area contributed by atoms with Crippen LogP contribution in [-0.4, -0.2) is 30.1 Å². The molecule has 0 aliphatic carbocycles. The third-order valence-electron chi connectivity index (χ3n) is 6.64. The van der Waals surface area contributed by atoms with Gasteiger partial charge in [0.1, 0.15) is 18.1 Å². The van der Waals surface area contributed by atoms with E-state index in [9.17, 15) is 9.18 Å². The molecule has 5 aromatic rings. The smallest absolute Gasteiger partial charge is 0.252 e. The fraction of sp³-hybridized carbons (Fsp3) is 0.286. The fourth-order valence-electron chi connectivity index (χ4n) is 4.68. The van der Waals surface area contributed by atoms with Gasteiger partial charge in [-0.05, 0) is 82.2 Å². The number of pyridine rings is 1. The van der Waals surface area contributed by atoms with Crippen molar-refractivity contribution < 1.29 is 8.81 Å². The highest BCUT2D eigenvalue weighted by Gasteiger charge is 2.26. The van der Waals surface area contributed by atoms with Crippen LogP contribution in [0.2, 0.25) is 0 Å². The van der Waals surface area contributed by atoms with Crippen molar-refractivity contribution in [3.63, 3.8) is 0 Å². The van der Waals surface area contributed by atoms with Crippen molar-refractivity contribution in [1.82, 2.24) is 30.1 Å². The second-order valence-electron chi connectivity index (χ2n) is 9.13. The Morgan fingerprint density at radius 2 is 1.86 bits per heavy atom. The molecule has 5 rings (SSSR count). The molecule has 0 aliphatic heterocycles. The maximum Gasteiger partial charge on any atom is 0.252 e. The molecular weight excluding hydrogens is 471 g/mol. The number of hydrogen-bond acceptors (Lipinski definition) is 6. The number of hydrogen-bond donors (Lipinski definition) is 1. The van der Waals surface area contributed by atoms with Crippen molar-refractivity contribution in [3.8, 4) is 0 Å². The lowest BCUT2D eigenvalue weighted by atomic mass is 10.1.